The molecule has 1 aliphatic rings. The first-order valence-corrected chi connectivity index (χ1v) is 10.9. The van der Waals surface area contributed by atoms with Crippen molar-refractivity contribution in [2.75, 3.05) is 13.2 Å². The van der Waals surface area contributed by atoms with E-state index in [1.54, 1.807) is 35.9 Å². The Balaban J connectivity index is 1.52. The summed E-state index contributed by atoms with van der Waals surface area (Å²) in [5.41, 5.74) is 1.27. The van der Waals surface area contributed by atoms with Gasteiger partial charge in [-0.05, 0) is 37.8 Å². The van der Waals surface area contributed by atoms with Gasteiger partial charge in [0.15, 0.2) is 5.75 Å². The zero-order chi connectivity index (χ0) is 22.2. The number of fused-ring (bicyclic) bond motifs is 2. The summed E-state index contributed by atoms with van der Waals surface area (Å²) >= 11 is 6.38. The van der Waals surface area contributed by atoms with E-state index in [1.807, 2.05) is 22.9 Å². The SMILES string of the molecule is CCOC(=O)c1nn(Cc2cn3cc(OCC4CC4)c(Cl)cc3n2)c2ccccc2c1=O. The zero-order valence-corrected chi connectivity index (χ0v) is 18.2. The van der Waals surface area contributed by atoms with Crippen LogP contribution in [0, 0.1) is 5.92 Å². The highest BCUT2D eigenvalue weighted by atomic mass is 35.5. The van der Waals surface area contributed by atoms with Crippen molar-refractivity contribution in [2.24, 2.45) is 5.92 Å². The molecular formula is C23H21ClN4O4. The van der Waals surface area contributed by atoms with E-state index >= 15 is 0 Å². The van der Waals surface area contributed by atoms with Crippen LogP contribution in [-0.4, -0.2) is 38.3 Å². The van der Waals surface area contributed by atoms with Crippen LogP contribution in [-0.2, 0) is 11.3 Å². The largest absolute Gasteiger partial charge is 0.490 e. The van der Waals surface area contributed by atoms with E-state index in [-0.39, 0.29) is 18.8 Å². The van der Waals surface area contributed by atoms with Crippen LogP contribution in [0.2, 0.25) is 5.02 Å². The third-order valence-corrected chi connectivity index (χ3v) is 5.67. The maximum absolute atomic E-state index is 12.8. The Morgan fingerprint density at radius 3 is 2.84 bits per heavy atom. The van der Waals surface area contributed by atoms with Gasteiger partial charge < -0.3 is 13.9 Å². The fraction of sp³-hybridized carbons (Fsp3) is 0.304. The predicted molar refractivity (Wildman–Crippen MR) is 119 cm³/mol. The van der Waals surface area contributed by atoms with Crippen LogP contribution in [0.25, 0.3) is 16.6 Å². The summed E-state index contributed by atoms with van der Waals surface area (Å²) < 4.78 is 14.3. The number of nitrogens with zero attached hydrogens (tertiary/aromatic N) is 4. The molecule has 5 rings (SSSR count). The van der Waals surface area contributed by atoms with Gasteiger partial charge in [0.2, 0.25) is 11.1 Å². The van der Waals surface area contributed by atoms with E-state index in [9.17, 15) is 9.59 Å². The minimum atomic E-state index is -0.740. The normalized spacial score (nSPS) is 13.6. The summed E-state index contributed by atoms with van der Waals surface area (Å²) in [7, 11) is 0. The predicted octanol–water partition coefficient (Wildman–Crippen LogP) is 3.71. The van der Waals surface area contributed by atoms with Crippen LogP contribution in [0.15, 0.2) is 47.5 Å². The molecule has 0 amide bonds. The zero-order valence-electron chi connectivity index (χ0n) is 17.5. The number of ether oxygens (including phenoxy) is 2. The second kappa shape index (κ2) is 8.27. The second-order valence-electron chi connectivity index (χ2n) is 7.81. The first kappa shape index (κ1) is 20.5. The molecular weight excluding hydrogens is 432 g/mol. The van der Waals surface area contributed by atoms with Gasteiger partial charge in [-0.1, -0.05) is 23.7 Å². The van der Waals surface area contributed by atoms with Gasteiger partial charge in [-0.2, -0.15) is 5.10 Å². The van der Waals surface area contributed by atoms with Crippen molar-refractivity contribution in [1.82, 2.24) is 19.2 Å². The molecule has 0 atom stereocenters. The van der Waals surface area contributed by atoms with Gasteiger partial charge >= 0.3 is 5.97 Å². The molecule has 1 saturated carbocycles. The Kier molecular flexibility index (Phi) is 5.30. The molecule has 1 aromatic carbocycles. The number of esters is 1. The lowest BCUT2D eigenvalue weighted by molar-refractivity contribution is 0.0515. The molecule has 0 aliphatic heterocycles. The van der Waals surface area contributed by atoms with Crippen LogP contribution < -0.4 is 10.2 Å². The molecule has 0 saturated heterocycles. The van der Waals surface area contributed by atoms with Crippen molar-refractivity contribution >= 4 is 34.1 Å². The van der Waals surface area contributed by atoms with Gasteiger partial charge in [0.25, 0.3) is 0 Å². The molecule has 0 N–H and O–H groups in total. The summed E-state index contributed by atoms with van der Waals surface area (Å²) in [5.74, 6) is 0.497. The fourth-order valence-corrected chi connectivity index (χ4v) is 3.76. The highest BCUT2D eigenvalue weighted by Gasteiger charge is 2.23. The summed E-state index contributed by atoms with van der Waals surface area (Å²) in [6.07, 6.45) is 6.07. The molecule has 0 unspecified atom stereocenters. The number of aromatic nitrogens is 4. The van der Waals surface area contributed by atoms with Crippen molar-refractivity contribution in [2.45, 2.75) is 26.3 Å². The topological polar surface area (TPSA) is 87.7 Å². The Morgan fingerprint density at radius 1 is 1.25 bits per heavy atom. The fourth-order valence-electron chi connectivity index (χ4n) is 3.56. The number of imidazole rings is 1. The highest BCUT2D eigenvalue weighted by Crippen LogP contribution is 2.32. The number of hydrogen-bond acceptors (Lipinski definition) is 6. The van der Waals surface area contributed by atoms with E-state index in [0.717, 1.165) is 0 Å². The molecule has 3 aromatic heterocycles. The average Bonchev–Trinajstić information content (AvgIpc) is 3.53. The third kappa shape index (κ3) is 3.93. The Labute approximate surface area is 188 Å². The second-order valence-corrected chi connectivity index (χ2v) is 8.22. The van der Waals surface area contributed by atoms with Crippen molar-refractivity contribution in [3.63, 3.8) is 0 Å². The van der Waals surface area contributed by atoms with E-state index in [2.05, 4.69) is 10.1 Å². The number of benzene rings is 1. The van der Waals surface area contributed by atoms with Gasteiger partial charge in [-0.25, -0.2) is 9.78 Å². The van der Waals surface area contributed by atoms with E-state index in [0.29, 0.717) is 45.5 Å². The van der Waals surface area contributed by atoms with Gasteiger partial charge in [-0.15, -0.1) is 0 Å². The third-order valence-electron chi connectivity index (χ3n) is 5.37. The summed E-state index contributed by atoms with van der Waals surface area (Å²) in [6.45, 7) is 2.76. The summed E-state index contributed by atoms with van der Waals surface area (Å²) in [5, 5.41) is 5.21. The minimum Gasteiger partial charge on any atom is -0.490 e. The van der Waals surface area contributed by atoms with Gasteiger partial charge in [0, 0.05) is 17.6 Å². The van der Waals surface area contributed by atoms with Crippen LogP contribution in [0.3, 0.4) is 0 Å². The monoisotopic (exact) mass is 452 g/mol. The number of para-hydroxylation sites is 1. The molecule has 4 aromatic rings. The quantitative estimate of drug-likeness (QED) is 0.397. The van der Waals surface area contributed by atoms with Crippen LogP contribution in [0.4, 0.5) is 0 Å². The first-order chi connectivity index (χ1) is 15.5. The Bertz CT molecular complexity index is 1390. The summed E-state index contributed by atoms with van der Waals surface area (Å²) in [6, 6.07) is 8.78. The van der Waals surface area contributed by atoms with Crippen LogP contribution in [0.1, 0.15) is 35.9 Å². The maximum Gasteiger partial charge on any atom is 0.362 e. The highest BCUT2D eigenvalue weighted by molar-refractivity contribution is 6.32. The Hall–Kier alpha value is -3.39. The molecule has 32 heavy (non-hydrogen) atoms. The van der Waals surface area contributed by atoms with Gasteiger partial charge in [0.05, 0.1) is 42.2 Å². The number of halogens is 1. The van der Waals surface area contributed by atoms with Gasteiger partial charge in [-0.3, -0.25) is 9.48 Å². The van der Waals surface area contributed by atoms with Crippen LogP contribution >= 0.6 is 11.6 Å². The molecule has 1 aliphatic carbocycles. The molecule has 1 fully saturated rings. The van der Waals surface area contributed by atoms with Gasteiger partial charge in [0.1, 0.15) is 5.65 Å². The molecule has 8 nitrogen and oxygen atoms in total. The smallest absolute Gasteiger partial charge is 0.362 e. The summed E-state index contributed by atoms with van der Waals surface area (Å²) in [4.78, 5) is 29.7. The number of hydrogen-bond donors (Lipinski definition) is 0. The molecule has 0 bridgehead atoms. The van der Waals surface area contributed by atoms with E-state index < -0.39 is 11.4 Å². The standard InChI is InChI=1S/C23H21ClN4O4/c1-2-31-23(30)21-22(29)16-5-3-4-6-18(16)28(26-21)11-15-10-27-12-19(32-13-14-7-8-14)17(24)9-20(27)25-15/h3-6,9-10,12,14H,2,7-8,11,13H2,1H3. The number of carbonyl (C=O) groups excluding carboxylic acids is 1. The number of pyridine rings is 1. The molecule has 0 radical (unpaired) electrons. The number of rotatable bonds is 7. The van der Waals surface area contributed by atoms with E-state index in [1.165, 1.54) is 12.8 Å². The van der Waals surface area contributed by atoms with Crippen molar-refractivity contribution in [3.8, 4) is 5.75 Å². The lowest BCUT2D eigenvalue weighted by atomic mass is 10.2. The Morgan fingerprint density at radius 2 is 2.06 bits per heavy atom. The molecule has 3 heterocycles. The van der Waals surface area contributed by atoms with Crippen molar-refractivity contribution in [3.05, 3.63) is 69.4 Å². The maximum atomic E-state index is 12.8. The molecule has 0 spiro atoms. The van der Waals surface area contributed by atoms with E-state index in [4.69, 9.17) is 21.1 Å². The van der Waals surface area contributed by atoms with Crippen LogP contribution in [0.5, 0.6) is 5.75 Å². The first-order valence-electron chi connectivity index (χ1n) is 10.5. The average molecular weight is 453 g/mol. The van der Waals surface area contributed by atoms with Crippen molar-refractivity contribution in [1.29, 1.82) is 0 Å². The minimum absolute atomic E-state index is 0.158. The lowest BCUT2D eigenvalue weighted by Gasteiger charge is -2.10. The molecule has 9 heteroatoms. The molecule has 164 valence electrons. The number of carbonyl (C=O) groups is 1. The van der Waals surface area contributed by atoms with Crippen molar-refractivity contribution < 1.29 is 14.3 Å². The lowest BCUT2D eigenvalue weighted by Crippen LogP contribution is -2.25.